The first-order chi connectivity index (χ1) is 14.9. The third-order valence-corrected chi connectivity index (χ3v) is 4.81. The molecule has 1 aliphatic rings. The second-order valence-corrected chi connectivity index (χ2v) is 7.27. The largest absolute Gasteiger partial charge is 0.506 e. The minimum absolute atomic E-state index is 0.138. The van der Waals surface area contributed by atoms with E-state index in [-0.39, 0.29) is 10.9 Å². The lowest BCUT2D eigenvalue weighted by atomic mass is 10.1. The van der Waals surface area contributed by atoms with Gasteiger partial charge in [-0.15, -0.1) is 0 Å². The Morgan fingerprint density at radius 3 is 2.55 bits per heavy atom. The van der Waals surface area contributed by atoms with Gasteiger partial charge in [0, 0.05) is 11.5 Å². The number of carboxylic acids is 1. The molecule has 9 nitrogen and oxygen atoms in total. The highest BCUT2D eigenvalue weighted by Crippen LogP contribution is 2.38. The molecule has 3 aromatic rings. The van der Waals surface area contributed by atoms with Gasteiger partial charge in [0.15, 0.2) is 0 Å². The topological polar surface area (TPSA) is 138 Å². The fourth-order valence-electron chi connectivity index (χ4n) is 3.07. The van der Waals surface area contributed by atoms with Gasteiger partial charge in [-0.3, -0.25) is 14.4 Å². The smallest absolute Gasteiger partial charge is 0.322 e. The van der Waals surface area contributed by atoms with Gasteiger partial charge < -0.3 is 30.0 Å². The van der Waals surface area contributed by atoms with E-state index in [0.29, 0.717) is 29.8 Å². The van der Waals surface area contributed by atoms with Crippen molar-refractivity contribution in [3.05, 3.63) is 58.4 Å². The van der Waals surface area contributed by atoms with E-state index in [1.54, 1.807) is 30.3 Å². The molecule has 2 aromatic carbocycles. The van der Waals surface area contributed by atoms with Crippen molar-refractivity contribution in [3.63, 3.8) is 0 Å². The van der Waals surface area contributed by atoms with Crippen LogP contribution < -0.4 is 20.3 Å². The number of aliphatic carboxylic acids is 1. The number of carbonyl (C=O) groups excluding carboxylic acids is 1. The molecule has 1 aromatic heterocycles. The van der Waals surface area contributed by atoms with Crippen molar-refractivity contribution < 1.29 is 29.3 Å². The average molecular weight is 424 g/mol. The van der Waals surface area contributed by atoms with Gasteiger partial charge in [0.25, 0.3) is 11.5 Å². The number of rotatable bonds is 8. The van der Waals surface area contributed by atoms with Crippen LogP contribution in [0.2, 0.25) is 0 Å². The second kappa shape index (κ2) is 8.39. The third-order valence-electron chi connectivity index (χ3n) is 4.81. The second-order valence-electron chi connectivity index (χ2n) is 7.27. The Morgan fingerprint density at radius 1 is 1.13 bits per heavy atom. The predicted octanol–water partition coefficient (Wildman–Crippen LogP) is 2.63. The molecule has 1 heterocycles. The van der Waals surface area contributed by atoms with Gasteiger partial charge in [-0.25, -0.2) is 0 Å². The summed E-state index contributed by atoms with van der Waals surface area (Å²) in [5.41, 5.74) is -1.22. The number of nitrogens with one attached hydrogen (secondary N) is 2. The van der Waals surface area contributed by atoms with E-state index >= 15 is 0 Å². The van der Waals surface area contributed by atoms with Gasteiger partial charge in [0.1, 0.15) is 35.1 Å². The molecule has 0 spiro atoms. The number of carbonyl (C=O) groups is 2. The number of hydrogen-bond acceptors (Lipinski definition) is 6. The zero-order chi connectivity index (χ0) is 22.0. The Kier molecular flexibility index (Phi) is 5.48. The number of ether oxygens (including phenoxy) is 2. The Bertz CT molecular complexity index is 1200. The molecule has 160 valence electrons. The van der Waals surface area contributed by atoms with Crippen molar-refractivity contribution in [2.45, 2.75) is 12.8 Å². The van der Waals surface area contributed by atoms with E-state index in [4.69, 9.17) is 14.6 Å². The van der Waals surface area contributed by atoms with Crippen LogP contribution in [0, 0.1) is 5.92 Å². The van der Waals surface area contributed by atoms with Gasteiger partial charge in [-0.2, -0.15) is 0 Å². The number of fused-ring (bicyclic) bond motifs is 1. The highest BCUT2D eigenvalue weighted by atomic mass is 16.5. The number of aromatic nitrogens is 1. The predicted molar refractivity (Wildman–Crippen MR) is 111 cm³/mol. The summed E-state index contributed by atoms with van der Waals surface area (Å²) in [4.78, 5) is 38.1. The number of aromatic hydroxyl groups is 1. The Hall–Kier alpha value is -4.01. The van der Waals surface area contributed by atoms with Crippen molar-refractivity contribution in [1.82, 2.24) is 10.3 Å². The Labute approximate surface area is 176 Å². The van der Waals surface area contributed by atoms with Crippen LogP contribution in [0.15, 0.2) is 47.3 Å². The summed E-state index contributed by atoms with van der Waals surface area (Å²) in [6, 6.07) is 12.1. The van der Waals surface area contributed by atoms with E-state index in [2.05, 4.69) is 10.3 Å². The highest BCUT2D eigenvalue weighted by Gasteiger charge is 2.25. The lowest BCUT2D eigenvalue weighted by molar-refractivity contribution is -0.135. The minimum Gasteiger partial charge on any atom is -0.506 e. The number of aromatic amines is 1. The number of benzene rings is 2. The Morgan fingerprint density at radius 2 is 1.87 bits per heavy atom. The maximum Gasteiger partial charge on any atom is 0.322 e. The first kappa shape index (κ1) is 20.3. The molecule has 9 heteroatoms. The van der Waals surface area contributed by atoms with Crippen molar-refractivity contribution in [1.29, 1.82) is 0 Å². The standard InChI is InChI=1S/C22H20N2O7/c25-17(26)10-23-21(28)18-20(27)15-8-14(31-13-4-2-1-3-5-13)9-16(19(15)24-22(18)29)30-11-12-6-7-12/h1-5,8-9,12H,6-7,10-11H2,(H,23,28)(H,25,26)(H2,24,27,29). The fraction of sp³-hybridized carbons (Fsp3) is 0.227. The average Bonchev–Trinajstić information content (AvgIpc) is 3.56. The van der Waals surface area contributed by atoms with Crippen molar-refractivity contribution >= 4 is 22.8 Å². The molecule has 1 aliphatic carbocycles. The molecule has 0 bridgehead atoms. The van der Waals surface area contributed by atoms with Gasteiger partial charge in [0.2, 0.25) is 0 Å². The van der Waals surface area contributed by atoms with E-state index in [0.717, 1.165) is 12.8 Å². The van der Waals surface area contributed by atoms with Crippen molar-refractivity contribution in [2.24, 2.45) is 5.92 Å². The monoisotopic (exact) mass is 424 g/mol. The molecule has 0 unspecified atom stereocenters. The maximum absolute atomic E-state index is 12.5. The molecule has 0 aliphatic heterocycles. The summed E-state index contributed by atoms with van der Waals surface area (Å²) in [5, 5.41) is 21.7. The minimum atomic E-state index is -1.28. The van der Waals surface area contributed by atoms with Gasteiger partial charge >= 0.3 is 5.97 Å². The molecule has 1 amide bonds. The summed E-state index contributed by atoms with van der Waals surface area (Å²) >= 11 is 0. The molecule has 1 saturated carbocycles. The number of amides is 1. The normalized spacial score (nSPS) is 13.0. The summed E-state index contributed by atoms with van der Waals surface area (Å²) in [6.07, 6.45) is 2.13. The quantitative estimate of drug-likeness (QED) is 0.436. The summed E-state index contributed by atoms with van der Waals surface area (Å²) in [5.74, 6) is -1.23. The number of hydrogen-bond donors (Lipinski definition) is 4. The lowest BCUT2D eigenvalue weighted by Gasteiger charge is -2.14. The van der Waals surface area contributed by atoms with Crippen LogP contribution in [0.4, 0.5) is 0 Å². The molecule has 1 fully saturated rings. The van der Waals surface area contributed by atoms with E-state index in [1.165, 1.54) is 6.07 Å². The fourth-order valence-corrected chi connectivity index (χ4v) is 3.07. The Balaban J connectivity index is 1.79. The third kappa shape index (κ3) is 4.61. The van der Waals surface area contributed by atoms with Crippen LogP contribution in [0.5, 0.6) is 23.0 Å². The molecule has 4 N–H and O–H groups in total. The van der Waals surface area contributed by atoms with E-state index in [9.17, 15) is 19.5 Å². The zero-order valence-electron chi connectivity index (χ0n) is 16.4. The summed E-state index contributed by atoms with van der Waals surface area (Å²) in [6.45, 7) is -0.240. The lowest BCUT2D eigenvalue weighted by Crippen LogP contribution is -2.33. The van der Waals surface area contributed by atoms with Gasteiger partial charge in [-0.05, 0) is 37.0 Å². The molecule has 0 saturated heterocycles. The maximum atomic E-state index is 12.5. The van der Waals surface area contributed by atoms with Crippen LogP contribution in [0.25, 0.3) is 10.9 Å². The van der Waals surface area contributed by atoms with Gasteiger partial charge in [-0.1, -0.05) is 18.2 Å². The first-order valence-corrected chi connectivity index (χ1v) is 9.71. The van der Waals surface area contributed by atoms with Crippen LogP contribution in [0.3, 0.4) is 0 Å². The van der Waals surface area contributed by atoms with Crippen LogP contribution in [-0.4, -0.2) is 40.2 Å². The van der Waals surface area contributed by atoms with Crippen molar-refractivity contribution in [3.8, 4) is 23.0 Å². The molecule has 4 rings (SSSR count). The molecule has 31 heavy (non-hydrogen) atoms. The zero-order valence-corrected chi connectivity index (χ0v) is 16.4. The molecule has 0 atom stereocenters. The number of carboxylic acid groups (broad SMARTS) is 1. The summed E-state index contributed by atoms with van der Waals surface area (Å²) < 4.78 is 11.7. The highest BCUT2D eigenvalue weighted by molar-refractivity contribution is 6.04. The van der Waals surface area contributed by atoms with Crippen molar-refractivity contribution in [2.75, 3.05) is 13.2 Å². The molecular weight excluding hydrogens is 404 g/mol. The molecular formula is C22H20N2O7. The van der Waals surface area contributed by atoms with Crippen LogP contribution in [-0.2, 0) is 4.79 Å². The molecule has 0 radical (unpaired) electrons. The van der Waals surface area contributed by atoms with E-state index in [1.807, 2.05) is 6.07 Å². The van der Waals surface area contributed by atoms with Gasteiger partial charge in [0.05, 0.1) is 12.1 Å². The number of pyridine rings is 1. The first-order valence-electron chi connectivity index (χ1n) is 9.71. The number of H-pyrrole nitrogens is 1. The SMILES string of the molecule is O=C(O)CNC(=O)c1c(O)c2cc(Oc3ccccc3)cc(OCC3CC3)c2[nH]c1=O. The summed E-state index contributed by atoms with van der Waals surface area (Å²) in [7, 11) is 0. The van der Waals surface area contributed by atoms with E-state index < -0.39 is 35.3 Å². The van der Waals surface area contributed by atoms with Crippen LogP contribution >= 0.6 is 0 Å². The van der Waals surface area contributed by atoms with Crippen LogP contribution in [0.1, 0.15) is 23.2 Å². The number of para-hydroxylation sites is 1.